The highest BCUT2D eigenvalue weighted by atomic mass is 19.1. The van der Waals surface area contributed by atoms with Gasteiger partial charge in [-0.15, -0.1) is 0 Å². The number of aromatic nitrogens is 2. The molecule has 10 heteroatoms. The second kappa shape index (κ2) is 12.1. The Bertz CT molecular complexity index is 1290. The lowest BCUT2D eigenvalue weighted by atomic mass is 9.75. The van der Waals surface area contributed by atoms with Gasteiger partial charge in [-0.25, -0.2) is 14.4 Å². The first-order valence-corrected chi connectivity index (χ1v) is 15.8. The molecular formula is C32H44FN7O2. The maximum Gasteiger partial charge on any atom is 0.256 e. The van der Waals surface area contributed by atoms with Crippen LogP contribution in [-0.4, -0.2) is 89.0 Å². The maximum absolute atomic E-state index is 14.4. The zero-order valence-corrected chi connectivity index (χ0v) is 25.1. The fourth-order valence-corrected chi connectivity index (χ4v) is 7.56. The van der Waals surface area contributed by atoms with Crippen molar-refractivity contribution in [2.75, 3.05) is 49.1 Å². The van der Waals surface area contributed by atoms with Gasteiger partial charge in [0.15, 0.2) is 5.82 Å². The summed E-state index contributed by atoms with van der Waals surface area (Å²) in [4.78, 5) is 44.1. The van der Waals surface area contributed by atoms with Crippen molar-refractivity contribution in [3.8, 4) is 0 Å². The molecule has 2 amide bonds. The van der Waals surface area contributed by atoms with E-state index in [1.165, 1.54) is 37.8 Å². The van der Waals surface area contributed by atoms with Gasteiger partial charge in [0.05, 0.1) is 23.5 Å². The number of hydrogen-bond acceptors (Lipinski definition) is 7. The fourth-order valence-electron chi connectivity index (χ4n) is 7.56. The Kier molecular flexibility index (Phi) is 8.34. The Morgan fingerprint density at radius 1 is 1.05 bits per heavy atom. The van der Waals surface area contributed by atoms with Crippen LogP contribution >= 0.6 is 0 Å². The van der Waals surface area contributed by atoms with E-state index in [2.05, 4.69) is 30.0 Å². The van der Waals surface area contributed by atoms with Gasteiger partial charge in [0.25, 0.3) is 5.91 Å². The average molecular weight is 578 g/mol. The third kappa shape index (κ3) is 5.57. The predicted octanol–water partition coefficient (Wildman–Crippen LogP) is 4.21. The Morgan fingerprint density at radius 3 is 2.48 bits per heavy atom. The van der Waals surface area contributed by atoms with E-state index in [-0.39, 0.29) is 18.0 Å². The molecule has 1 saturated carbocycles. The summed E-state index contributed by atoms with van der Waals surface area (Å²) in [7, 11) is 0. The van der Waals surface area contributed by atoms with E-state index < -0.39 is 5.82 Å². The third-order valence-corrected chi connectivity index (χ3v) is 9.89. The monoisotopic (exact) mass is 577 g/mol. The van der Waals surface area contributed by atoms with Gasteiger partial charge < -0.3 is 24.9 Å². The van der Waals surface area contributed by atoms with Crippen LogP contribution in [0.25, 0.3) is 0 Å². The van der Waals surface area contributed by atoms with Crippen LogP contribution in [0.5, 0.6) is 0 Å². The van der Waals surface area contributed by atoms with Crippen LogP contribution in [0.1, 0.15) is 69.7 Å². The summed E-state index contributed by atoms with van der Waals surface area (Å²) in [6.45, 7) is 10.3. The molecule has 3 saturated heterocycles. The number of nitrogens with zero attached hydrogens (tertiary/aromatic N) is 6. The largest absolute Gasteiger partial charge is 0.353 e. The van der Waals surface area contributed by atoms with E-state index >= 15 is 0 Å². The van der Waals surface area contributed by atoms with Gasteiger partial charge in [-0.1, -0.05) is 0 Å². The molecule has 1 N–H and O–H groups in total. The lowest BCUT2D eigenvalue weighted by Gasteiger charge is -2.45. The molecule has 0 unspecified atom stereocenters. The molecule has 4 fully saturated rings. The normalized spacial score (nSPS) is 24.2. The summed E-state index contributed by atoms with van der Waals surface area (Å²) >= 11 is 0. The van der Waals surface area contributed by atoms with E-state index in [9.17, 15) is 14.0 Å². The molecule has 2 bridgehead atoms. The number of fused-ring (bicyclic) bond motifs is 4. The van der Waals surface area contributed by atoms with E-state index in [1.54, 1.807) is 23.5 Å². The van der Waals surface area contributed by atoms with Gasteiger partial charge >= 0.3 is 0 Å². The van der Waals surface area contributed by atoms with Crippen LogP contribution in [0.2, 0.25) is 0 Å². The number of anilines is 3. The third-order valence-electron chi connectivity index (χ3n) is 9.89. The number of amides is 2. The molecule has 42 heavy (non-hydrogen) atoms. The summed E-state index contributed by atoms with van der Waals surface area (Å²) in [5.41, 5.74) is 1.85. The number of benzene rings is 1. The minimum Gasteiger partial charge on any atom is -0.353 e. The zero-order valence-electron chi connectivity index (χ0n) is 25.1. The number of halogens is 1. The topological polar surface area (TPSA) is 84.9 Å². The highest BCUT2D eigenvalue weighted by Gasteiger charge is 2.41. The first-order valence-electron chi connectivity index (χ1n) is 15.8. The summed E-state index contributed by atoms with van der Waals surface area (Å²) in [5.74, 6) is 1.49. The van der Waals surface area contributed by atoms with Gasteiger partial charge in [0, 0.05) is 51.4 Å². The number of carbonyl (C=O) groups is 2. The van der Waals surface area contributed by atoms with Gasteiger partial charge in [-0.05, 0) is 89.3 Å². The Balaban J connectivity index is 1.15. The summed E-state index contributed by atoms with van der Waals surface area (Å²) in [5, 5.41) is 3.62. The molecule has 1 aliphatic carbocycles. The number of hydrogen-bond donors (Lipinski definition) is 1. The van der Waals surface area contributed by atoms with Crippen molar-refractivity contribution in [3.63, 3.8) is 0 Å². The molecule has 0 spiro atoms. The molecule has 5 heterocycles. The molecule has 7 rings (SSSR count). The van der Waals surface area contributed by atoms with Crippen molar-refractivity contribution < 1.29 is 14.0 Å². The van der Waals surface area contributed by atoms with Crippen LogP contribution in [0, 0.1) is 17.7 Å². The summed E-state index contributed by atoms with van der Waals surface area (Å²) in [6, 6.07) is 4.99. The van der Waals surface area contributed by atoms with E-state index in [4.69, 9.17) is 0 Å². The lowest BCUT2D eigenvalue weighted by Crippen LogP contribution is -2.60. The van der Waals surface area contributed by atoms with Gasteiger partial charge in [0.2, 0.25) is 5.91 Å². The van der Waals surface area contributed by atoms with Gasteiger partial charge in [-0.3, -0.25) is 9.59 Å². The standard InChI is InChI=1S/C32H44FN7O2/c1-4-39(21(2)3)31(41)26-17-24(33)7-10-27(26)40-16-15-38(30-28(40)18-34-20-35-30)19-22-11-13-37(14-12-22)32(42)29-23-5-8-25(36-29)9-6-23/h7,10,17-18,20-23,25,29,36H,4-6,8-9,11-16,19H2,1-3H3/t23?,25?,29-/m0/s1. The molecule has 1 atom stereocenters. The van der Waals surface area contributed by atoms with Crippen molar-refractivity contribution in [3.05, 3.63) is 42.1 Å². The number of rotatable bonds is 7. The summed E-state index contributed by atoms with van der Waals surface area (Å²) < 4.78 is 14.4. The highest BCUT2D eigenvalue weighted by Crippen LogP contribution is 2.39. The van der Waals surface area contributed by atoms with Crippen LogP contribution in [0.3, 0.4) is 0 Å². The van der Waals surface area contributed by atoms with Crippen molar-refractivity contribution in [1.29, 1.82) is 0 Å². The van der Waals surface area contributed by atoms with Crippen molar-refractivity contribution in [2.24, 2.45) is 11.8 Å². The number of piperidine rings is 3. The molecule has 1 aromatic heterocycles. The molecule has 2 aromatic rings. The second-order valence-electron chi connectivity index (χ2n) is 12.7. The van der Waals surface area contributed by atoms with Gasteiger partial charge in [0.1, 0.15) is 17.8 Å². The van der Waals surface area contributed by atoms with Crippen molar-refractivity contribution in [2.45, 2.75) is 77.4 Å². The molecule has 1 aromatic carbocycles. The zero-order chi connectivity index (χ0) is 29.4. The van der Waals surface area contributed by atoms with Crippen LogP contribution in [0.15, 0.2) is 30.7 Å². The smallest absolute Gasteiger partial charge is 0.256 e. The number of likely N-dealkylation sites (tertiary alicyclic amines) is 1. The molecule has 9 nitrogen and oxygen atoms in total. The van der Waals surface area contributed by atoms with Crippen molar-refractivity contribution >= 4 is 29.0 Å². The number of nitrogens with one attached hydrogen (secondary N) is 1. The quantitative estimate of drug-likeness (QED) is 0.528. The Labute approximate surface area is 248 Å². The average Bonchev–Trinajstić information content (AvgIpc) is 3.02. The maximum atomic E-state index is 14.4. The van der Waals surface area contributed by atoms with Gasteiger partial charge in [-0.2, -0.15) is 0 Å². The van der Waals surface area contributed by atoms with Crippen LogP contribution in [0.4, 0.5) is 21.6 Å². The molecular weight excluding hydrogens is 533 g/mol. The lowest BCUT2D eigenvalue weighted by molar-refractivity contribution is -0.138. The Hall–Kier alpha value is -3.27. The van der Waals surface area contributed by atoms with E-state index in [0.717, 1.165) is 50.5 Å². The minimum atomic E-state index is -0.429. The van der Waals surface area contributed by atoms with E-state index in [0.29, 0.717) is 48.1 Å². The SMILES string of the molecule is CCN(C(=O)c1cc(F)ccc1N1CCN(CC2CCN(C(=O)[C@H]3NC4CCC3CC4)CC2)c2ncncc21)C(C)C. The molecule has 5 aliphatic rings. The molecule has 0 radical (unpaired) electrons. The predicted molar refractivity (Wildman–Crippen MR) is 161 cm³/mol. The van der Waals surface area contributed by atoms with Crippen molar-refractivity contribution in [1.82, 2.24) is 25.1 Å². The second-order valence-corrected chi connectivity index (χ2v) is 12.7. The Morgan fingerprint density at radius 2 is 1.81 bits per heavy atom. The van der Waals surface area contributed by atoms with Crippen LogP contribution < -0.4 is 15.1 Å². The van der Waals surface area contributed by atoms with E-state index in [1.807, 2.05) is 20.8 Å². The number of carbonyl (C=O) groups excluding carboxylic acids is 2. The first-order chi connectivity index (χ1) is 20.3. The molecule has 4 aliphatic heterocycles. The fraction of sp³-hybridized carbons (Fsp3) is 0.625. The minimum absolute atomic E-state index is 0.00171. The molecule has 226 valence electrons. The highest BCUT2D eigenvalue weighted by molar-refractivity contribution is 6.01. The first kappa shape index (κ1) is 28.8. The summed E-state index contributed by atoms with van der Waals surface area (Å²) in [6.07, 6.45) is 10.1. The van der Waals surface area contributed by atoms with Crippen LogP contribution in [-0.2, 0) is 4.79 Å².